The van der Waals surface area contributed by atoms with E-state index in [0.717, 1.165) is 34.4 Å². The number of rotatable bonds is 14. The number of nitrogens with zero attached hydrogens (tertiary/aromatic N) is 3. The van der Waals surface area contributed by atoms with Crippen LogP contribution in [0.1, 0.15) is 34.3 Å². The van der Waals surface area contributed by atoms with Gasteiger partial charge in [0.05, 0.1) is 0 Å². The zero-order valence-electron chi connectivity index (χ0n) is 18.3. The summed E-state index contributed by atoms with van der Waals surface area (Å²) < 4.78 is 0. The van der Waals surface area contributed by atoms with Crippen LogP contribution in [0, 0.1) is 14.7 Å². The van der Waals surface area contributed by atoms with E-state index in [1.165, 1.54) is 0 Å². The first kappa shape index (κ1) is 23.9. The number of hydrogen-bond acceptors (Lipinski definition) is 8. The van der Waals surface area contributed by atoms with E-state index >= 15 is 0 Å². The molecule has 0 saturated carbocycles. The Balaban J connectivity index is 1.43. The van der Waals surface area contributed by atoms with E-state index in [0.29, 0.717) is 19.6 Å². The lowest BCUT2D eigenvalue weighted by Gasteiger charge is -2.13. The molecule has 33 heavy (non-hydrogen) atoms. The van der Waals surface area contributed by atoms with Gasteiger partial charge in [0.2, 0.25) is 0 Å². The van der Waals surface area contributed by atoms with Gasteiger partial charge in [-0.2, -0.15) is 14.7 Å². The molecular formula is C25H27N5O3. The van der Waals surface area contributed by atoms with E-state index in [9.17, 15) is 14.7 Å². The van der Waals surface area contributed by atoms with Crippen LogP contribution in [-0.2, 0) is 13.0 Å². The van der Waals surface area contributed by atoms with Crippen molar-refractivity contribution in [1.29, 1.82) is 0 Å². The maximum atomic E-state index is 11.3. The molecule has 0 bridgehead atoms. The SMILES string of the molecule is O=NCc1cccc(C(CNCCc2ccc(NCC(N=O)c3ccccc3)cc2)N=O)c1. The molecule has 3 rings (SSSR count). The summed E-state index contributed by atoms with van der Waals surface area (Å²) in [5.41, 5.74) is 4.50. The van der Waals surface area contributed by atoms with Crippen LogP contribution < -0.4 is 10.6 Å². The summed E-state index contributed by atoms with van der Waals surface area (Å²) in [5.74, 6) is 0. The third-order valence-electron chi connectivity index (χ3n) is 5.40. The first-order chi connectivity index (χ1) is 16.2. The van der Waals surface area contributed by atoms with Crippen molar-refractivity contribution >= 4 is 5.69 Å². The Labute approximate surface area is 192 Å². The van der Waals surface area contributed by atoms with Crippen LogP contribution in [-0.4, -0.2) is 19.6 Å². The van der Waals surface area contributed by atoms with Crippen molar-refractivity contribution in [2.75, 3.05) is 25.0 Å². The third kappa shape index (κ3) is 7.40. The lowest BCUT2D eigenvalue weighted by atomic mass is 10.0. The van der Waals surface area contributed by atoms with Gasteiger partial charge in [0.15, 0.2) is 0 Å². The molecule has 8 nitrogen and oxygen atoms in total. The van der Waals surface area contributed by atoms with E-state index in [-0.39, 0.29) is 6.54 Å². The summed E-state index contributed by atoms with van der Waals surface area (Å²) >= 11 is 0. The van der Waals surface area contributed by atoms with Crippen LogP contribution in [0.15, 0.2) is 94.4 Å². The number of hydrogen-bond donors (Lipinski definition) is 2. The Morgan fingerprint density at radius 3 is 2.09 bits per heavy atom. The highest BCUT2D eigenvalue weighted by Crippen LogP contribution is 2.20. The topological polar surface area (TPSA) is 112 Å². The predicted molar refractivity (Wildman–Crippen MR) is 131 cm³/mol. The van der Waals surface area contributed by atoms with Gasteiger partial charge in [-0.1, -0.05) is 82.3 Å². The Kier molecular flexibility index (Phi) is 9.35. The highest BCUT2D eigenvalue weighted by molar-refractivity contribution is 5.45. The van der Waals surface area contributed by atoms with Crippen LogP contribution in [0.4, 0.5) is 5.69 Å². The zero-order chi connectivity index (χ0) is 23.3. The zero-order valence-corrected chi connectivity index (χ0v) is 18.3. The maximum Gasteiger partial charge on any atom is 0.134 e. The fourth-order valence-electron chi connectivity index (χ4n) is 3.56. The minimum absolute atomic E-state index is 0.0796. The minimum atomic E-state index is -0.521. The second-order valence-corrected chi connectivity index (χ2v) is 7.72. The first-order valence-corrected chi connectivity index (χ1v) is 10.8. The van der Waals surface area contributed by atoms with Gasteiger partial charge in [0, 0.05) is 18.8 Å². The van der Waals surface area contributed by atoms with Gasteiger partial charge < -0.3 is 10.6 Å². The van der Waals surface area contributed by atoms with Crippen LogP contribution in [0.5, 0.6) is 0 Å². The van der Waals surface area contributed by atoms with Gasteiger partial charge in [0.25, 0.3) is 0 Å². The number of nitrogens with one attached hydrogen (secondary N) is 2. The molecule has 0 spiro atoms. The van der Waals surface area contributed by atoms with Crippen molar-refractivity contribution in [3.05, 3.63) is 116 Å². The lowest BCUT2D eigenvalue weighted by molar-refractivity contribution is 0.597. The summed E-state index contributed by atoms with van der Waals surface area (Å²) in [6.45, 7) is 1.62. The highest BCUT2D eigenvalue weighted by Gasteiger charge is 2.12. The molecule has 2 N–H and O–H groups in total. The fourth-order valence-corrected chi connectivity index (χ4v) is 3.56. The van der Waals surface area contributed by atoms with Gasteiger partial charge in [-0.3, -0.25) is 0 Å². The van der Waals surface area contributed by atoms with Gasteiger partial charge in [-0.05, 0) is 47.4 Å². The number of nitroso groups, excluding NO2 is 3. The smallest absolute Gasteiger partial charge is 0.134 e. The molecule has 0 aliphatic heterocycles. The van der Waals surface area contributed by atoms with Gasteiger partial charge in [-0.25, -0.2) is 0 Å². The Morgan fingerprint density at radius 1 is 0.697 bits per heavy atom. The van der Waals surface area contributed by atoms with Crippen molar-refractivity contribution in [3.8, 4) is 0 Å². The monoisotopic (exact) mass is 445 g/mol. The Hall–Kier alpha value is -3.78. The number of benzene rings is 3. The van der Waals surface area contributed by atoms with Crippen LogP contribution in [0.3, 0.4) is 0 Å². The second-order valence-electron chi connectivity index (χ2n) is 7.72. The average molecular weight is 446 g/mol. The summed E-state index contributed by atoms with van der Waals surface area (Å²) in [5, 5.41) is 15.9. The molecule has 0 aliphatic rings. The standard InChI is InChI=1S/C25H27N5O3/c31-28-16-20-5-4-8-22(15-20)24(29-32)17-26-14-13-19-9-11-23(12-10-19)27-18-25(30-33)21-6-2-1-3-7-21/h1-12,15,24-27H,13-14,16-18H2. The molecule has 0 amide bonds. The summed E-state index contributed by atoms with van der Waals surface area (Å²) in [6, 6.07) is 23.8. The molecule has 8 heteroatoms. The highest BCUT2D eigenvalue weighted by atomic mass is 16.3. The predicted octanol–water partition coefficient (Wildman–Crippen LogP) is 5.51. The van der Waals surface area contributed by atoms with Crippen molar-refractivity contribution in [1.82, 2.24) is 5.32 Å². The van der Waals surface area contributed by atoms with E-state index in [4.69, 9.17) is 0 Å². The van der Waals surface area contributed by atoms with Crippen LogP contribution in [0.25, 0.3) is 0 Å². The molecule has 170 valence electrons. The van der Waals surface area contributed by atoms with E-state index in [1.54, 1.807) is 18.2 Å². The normalized spacial score (nSPS) is 12.5. The molecule has 3 aromatic carbocycles. The number of anilines is 1. The average Bonchev–Trinajstić information content (AvgIpc) is 2.86. The summed E-state index contributed by atoms with van der Waals surface area (Å²) in [6.07, 6.45) is 0.795. The molecular weight excluding hydrogens is 418 g/mol. The molecule has 2 unspecified atom stereocenters. The van der Waals surface area contributed by atoms with E-state index < -0.39 is 12.1 Å². The van der Waals surface area contributed by atoms with Gasteiger partial charge >= 0.3 is 0 Å². The fraction of sp³-hybridized carbons (Fsp3) is 0.280. The van der Waals surface area contributed by atoms with Crippen LogP contribution >= 0.6 is 0 Å². The first-order valence-electron chi connectivity index (χ1n) is 10.8. The van der Waals surface area contributed by atoms with Crippen LogP contribution in [0.2, 0.25) is 0 Å². The maximum absolute atomic E-state index is 11.3. The minimum Gasteiger partial charge on any atom is -0.382 e. The van der Waals surface area contributed by atoms with Crippen molar-refractivity contribution in [2.45, 2.75) is 25.0 Å². The molecule has 0 heterocycles. The quantitative estimate of drug-likeness (QED) is 0.251. The summed E-state index contributed by atoms with van der Waals surface area (Å²) in [4.78, 5) is 32.9. The second kappa shape index (κ2) is 12.9. The van der Waals surface area contributed by atoms with E-state index in [2.05, 4.69) is 26.2 Å². The summed E-state index contributed by atoms with van der Waals surface area (Å²) in [7, 11) is 0. The molecule has 0 aliphatic carbocycles. The lowest BCUT2D eigenvalue weighted by Crippen LogP contribution is -2.23. The Bertz CT molecular complexity index is 1030. The van der Waals surface area contributed by atoms with Crippen molar-refractivity contribution < 1.29 is 0 Å². The van der Waals surface area contributed by atoms with Crippen molar-refractivity contribution in [3.63, 3.8) is 0 Å². The molecule has 0 fully saturated rings. The molecule has 0 aromatic heterocycles. The van der Waals surface area contributed by atoms with Gasteiger partial charge in [0.1, 0.15) is 18.6 Å². The van der Waals surface area contributed by atoms with E-state index in [1.807, 2.05) is 60.7 Å². The molecule has 0 radical (unpaired) electrons. The molecule has 0 saturated heterocycles. The largest absolute Gasteiger partial charge is 0.382 e. The Morgan fingerprint density at radius 2 is 1.39 bits per heavy atom. The van der Waals surface area contributed by atoms with Crippen molar-refractivity contribution in [2.24, 2.45) is 15.5 Å². The molecule has 3 aromatic rings. The third-order valence-corrected chi connectivity index (χ3v) is 5.40. The molecule has 2 atom stereocenters. The van der Waals surface area contributed by atoms with Gasteiger partial charge in [-0.15, -0.1) is 0 Å².